The van der Waals surface area contributed by atoms with Crippen molar-refractivity contribution in [2.75, 3.05) is 6.54 Å². The third kappa shape index (κ3) is 2.72. The van der Waals surface area contributed by atoms with Crippen LogP contribution in [0.5, 0.6) is 0 Å². The number of hydrogen-bond donors (Lipinski definition) is 2. The summed E-state index contributed by atoms with van der Waals surface area (Å²) in [6, 6.07) is 15.3. The topological polar surface area (TPSA) is 32.3 Å². The predicted octanol–water partition coefficient (Wildman–Crippen LogP) is 3.65. The molecule has 2 N–H and O–H groups in total. The minimum absolute atomic E-state index is 0.109. The number of aliphatic hydroxyl groups excluding tert-OH is 1. The fourth-order valence-electron chi connectivity index (χ4n) is 3.32. The van der Waals surface area contributed by atoms with Crippen molar-refractivity contribution in [2.24, 2.45) is 5.92 Å². The van der Waals surface area contributed by atoms with E-state index in [2.05, 4.69) is 54.7 Å². The Hall–Kier alpha value is -1.38. The maximum atomic E-state index is 9.90. The van der Waals surface area contributed by atoms with Gasteiger partial charge in [-0.1, -0.05) is 48.9 Å². The lowest BCUT2D eigenvalue weighted by Gasteiger charge is -2.21. The second-order valence-electron chi connectivity index (χ2n) is 5.96. The van der Waals surface area contributed by atoms with Gasteiger partial charge in [0, 0.05) is 12.6 Å². The van der Waals surface area contributed by atoms with E-state index >= 15 is 0 Å². The van der Waals surface area contributed by atoms with E-state index in [9.17, 15) is 5.11 Å². The lowest BCUT2D eigenvalue weighted by atomic mass is 9.98. The van der Waals surface area contributed by atoms with E-state index in [1.807, 2.05) is 0 Å². The van der Waals surface area contributed by atoms with Crippen LogP contribution in [0.1, 0.15) is 37.8 Å². The summed E-state index contributed by atoms with van der Waals surface area (Å²) in [5, 5.41) is 16.1. The molecule has 0 radical (unpaired) electrons. The fourth-order valence-corrected chi connectivity index (χ4v) is 3.32. The molecule has 1 fully saturated rings. The first kappa shape index (κ1) is 13.6. The third-order valence-corrected chi connectivity index (χ3v) is 4.60. The van der Waals surface area contributed by atoms with E-state index in [-0.39, 0.29) is 6.10 Å². The number of nitrogens with one attached hydrogen (secondary N) is 1. The number of aliphatic hydroxyl groups is 1. The molecule has 0 amide bonds. The van der Waals surface area contributed by atoms with Gasteiger partial charge in [0.05, 0.1) is 6.10 Å². The second kappa shape index (κ2) is 5.94. The summed E-state index contributed by atoms with van der Waals surface area (Å²) in [4.78, 5) is 0. The first-order valence-electron chi connectivity index (χ1n) is 7.65. The summed E-state index contributed by atoms with van der Waals surface area (Å²) in [6.45, 7) is 3.12. The molecule has 3 unspecified atom stereocenters. The van der Waals surface area contributed by atoms with Crippen LogP contribution < -0.4 is 5.32 Å². The van der Waals surface area contributed by atoms with Crippen molar-refractivity contribution >= 4 is 10.8 Å². The van der Waals surface area contributed by atoms with E-state index < -0.39 is 0 Å². The molecule has 2 nitrogen and oxygen atoms in total. The quantitative estimate of drug-likeness (QED) is 0.888. The molecule has 3 rings (SSSR count). The van der Waals surface area contributed by atoms with Crippen molar-refractivity contribution < 1.29 is 5.11 Å². The minimum atomic E-state index is -0.109. The highest BCUT2D eigenvalue weighted by molar-refractivity contribution is 5.86. The average molecular weight is 269 g/mol. The van der Waals surface area contributed by atoms with Gasteiger partial charge < -0.3 is 10.4 Å². The fraction of sp³-hybridized carbons (Fsp3) is 0.444. The minimum Gasteiger partial charge on any atom is -0.393 e. The van der Waals surface area contributed by atoms with Crippen LogP contribution in [0.2, 0.25) is 0 Å². The number of benzene rings is 2. The average Bonchev–Trinajstić information content (AvgIpc) is 2.89. The summed E-state index contributed by atoms with van der Waals surface area (Å²) >= 11 is 0. The summed E-state index contributed by atoms with van der Waals surface area (Å²) in [5.74, 6) is 0.424. The Morgan fingerprint density at radius 3 is 2.75 bits per heavy atom. The van der Waals surface area contributed by atoms with Gasteiger partial charge in [-0.2, -0.15) is 0 Å². The third-order valence-electron chi connectivity index (χ3n) is 4.60. The van der Waals surface area contributed by atoms with Crippen LogP contribution in [0.4, 0.5) is 0 Å². The highest BCUT2D eigenvalue weighted by Gasteiger charge is 2.25. The lowest BCUT2D eigenvalue weighted by molar-refractivity contribution is 0.130. The van der Waals surface area contributed by atoms with Gasteiger partial charge in [0.25, 0.3) is 0 Å². The van der Waals surface area contributed by atoms with Gasteiger partial charge in [0.2, 0.25) is 0 Å². The Bertz CT molecular complexity index is 575. The predicted molar refractivity (Wildman–Crippen MR) is 83.7 cm³/mol. The molecule has 106 valence electrons. The molecule has 20 heavy (non-hydrogen) atoms. The molecule has 0 heterocycles. The Labute approximate surface area is 120 Å². The van der Waals surface area contributed by atoms with Gasteiger partial charge >= 0.3 is 0 Å². The molecule has 0 saturated heterocycles. The highest BCUT2D eigenvalue weighted by Crippen LogP contribution is 2.27. The molecule has 1 aliphatic rings. The van der Waals surface area contributed by atoms with E-state index in [0.717, 1.165) is 25.8 Å². The summed E-state index contributed by atoms with van der Waals surface area (Å²) in [7, 11) is 0. The van der Waals surface area contributed by atoms with Gasteiger partial charge in [-0.3, -0.25) is 0 Å². The monoisotopic (exact) mass is 269 g/mol. The molecule has 0 bridgehead atoms. The van der Waals surface area contributed by atoms with Crippen molar-refractivity contribution in [1.82, 2.24) is 5.32 Å². The first-order valence-corrected chi connectivity index (χ1v) is 7.65. The van der Waals surface area contributed by atoms with E-state index in [0.29, 0.717) is 12.0 Å². The van der Waals surface area contributed by atoms with E-state index in [1.165, 1.54) is 16.3 Å². The Morgan fingerprint density at radius 2 is 1.95 bits per heavy atom. The lowest BCUT2D eigenvalue weighted by Crippen LogP contribution is -2.29. The Morgan fingerprint density at radius 1 is 1.15 bits per heavy atom. The number of fused-ring (bicyclic) bond motifs is 1. The molecular formula is C18H23NO. The van der Waals surface area contributed by atoms with Crippen LogP contribution in [0.15, 0.2) is 42.5 Å². The molecule has 2 heteroatoms. The van der Waals surface area contributed by atoms with Crippen LogP contribution in [-0.4, -0.2) is 17.8 Å². The van der Waals surface area contributed by atoms with Crippen molar-refractivity contribution in [1.29, 1.82) is 0 Å². The zero-order chi connectivity index (χ0) is 13.9. The van der Waals surface area contributed by atoms with Crippen molar-refractivity contribution in [2.45, 2.75) is 38.3 Å². The standard InChI is InChI=1S/C18H23NO/c1-13(19-12-15-8-5-11-18(15)20)16-10-4-7-14-6-2-3-9-17(14)16/h2-4,6-7,9-10,13,15,18-20H,5,8,11-12H2,1H3. The van der Waals surface area contributed by atoms with Gasteiger partial charge in [-0.25, -0.2) is 0 Å². The molecule has 2 aromatic rings. The first-order chi connectivity index (χ1) is 9.75. The van der Waals surface area contributed by atoms with E-state index in [1.54, 1.807) is 0 Å². The largest absolute Gasteiger partial charge is 0.393 e. The molecule has 2 aromatic carbocycles. The van der Waals surface area contributed by atoms with Crippen LogP contribution in [0, 0.1) is 5.92 Å². The zero-order valence-corrected chi connectivity index (χ0v) is 12.0. The maximum absolute atomic E-state index is 9.90. The van der Waals surface area contributed by atoms with E-state index in [4.69, 9.17) is 0 Å². The molecule has 1 aliphatic carbocycles. The Kier molecular flexibility index (Phi) is 4.04. The smallest absolute Gasteiger partial charge is 0.0580 e. The van der Waals surface area contributed by atoms with Gasteiger partial charge in [0.15, 0.2) is 0 Å². The van der Waals surface area contributed by atoms with Gasteiger partial charge in [0.1, 0.15) is 0 Å². The van der Waals surface area contributed by atoms with Gasteiger partial charge in [-0.15, -0.1) is 0 Å². The highest BCUT2D eigenvalue weighted by atomic mass is 16.3. The molecule has 0 spiro atoms. The number of rotatable bonds is 4. The van der Waals surface area contributed by atoms with Crippen molar-refractivity contribution in [3.05, 3.63) is 48.0 Å². The van der Waals surface area contributed by atoms with Crippen LogP contribution in [0.25, 0.3) is 10.8 Å². The summed E-state index contributed by atoms with van der Waals surface area (Å²) in [5.41, 5.74) is 1.34. The molecule has 0 aromatic heterocycles. The normalized spacial score (nSPS) is 24.1. The SMILES string of the molecule is CC(NCC1CCCC1O)c1cccc2ccccc12. The number of hydrogen-bond acceptors (Lipinski definition) is 2. The van der Waals surface area contributed by atoms with Crippen molar-refractivity contribution in [3.8, 4) is 0 Å². The second-order valence-corrected chi connectivity index (χ2v) is 5.96. The maximum Gasteiger partial charge on any atom is 0.0580 e. The summed E-state index contributed by atoms with van der Waals surface area (Å²) in [6.07, 6.45) is 3.17. The molecule has 3 atom stereocenters. The van der Waals surface area contributed by atoms with Crippen LogP contribution >= 0.6 is 0 Å². The Balaban J connectivity index is 1.73. The summed E-state index contributed by atoms with van der Waals surface area (Å²) < 4.78 is 0. The molecule has 0 aliphatic heterocycles. The van der Waals surface area contributed by atoms with Crippen LogP contribution in [-0.2, 0) is 0 Å². The molecular weight excluding hydrogens is 246 g/mol. The van der Waals surface area contributed by atoms with Crippen LogP contribution in [0.3, 0.4) is 0 Å². The van der Waals surface area contributed by atoms with Crippen molar-refractivity contribution in [3.63, 3.8) is 0 Å². The zero-order valence-electron chi connectivity index (χ0n) is 12.0. The van der Waals surface area contributed by atoms with Gasteiger partial charge in [-0.05, 0) is 42.0 Å². The molecule has 1 saturated carbocycles.